The minimum atomic E-state index is -4.99. The van der Waals surface area contributed by atoms with Crippen molar-refractivity contribution in [3.63, 3.8) is 0 Å². The molecule has 0 saturated carbocycles. The average molecular weight is 664 g/mol. The lowest BCUT2D eigenvalue weighted by Crippen LogP contribution is -2.23. The number of aryl methyl sites for hydroxylation is 1. The van der Waals surface area contributed by atoms with Crippen LogP contribution in [0.2, 0.25) is 0 Å². The van der Waals surface area contributed by atoms with Crippen molar-refractivity contribution in [3.05, 3.63) is 81.9 Å². The lowest BCUT2D eigenvalue weighted by atomic mass is 10.1. The molecule has 4 aromatic rings. The molecule has 2 N–H and O–H groups in total. The molecule has 0 bridgehead atoms. The Hall–Kier alpha value is -4.68. The van der Waals surface area contributed by atoms with E-state index in [2.05, 4.69) is 35.9 Å². The number of aromatic nitrogens is 5. The Bertz CT molecular complexity index is 1640. The molecule has 0 aliphatic rings. The molecule has 2 aromatic heterocycles. The Labute approximate surface area is 252 Å². The number of carbonyl (C=O) groups is 2. The van der Waals surface area contributed by atoms with E-state index in [1.54, 1.807) is 0 Å². The van der Waals surface area contributed by atoms with E-state index in [0.717, 1.165) is 46.4 Å². The van der Waals surface area contributed by atoms with E-state index in [9.17, 15) is 44.7 Å². The van der Waals surface area contributed by atoms with Crippen molar-refractivity contribution in [1.82, 2.24) is 30.5 Å². The molecule has 4 rings (SSSR count). The lowest BCUT2D eigenvalue weighted by Gasteiger charge is -2.10. The minimum absolute atomic E-state index is 0.00516. The number of nitrogens with one attached hydrogen (secondary N) is 2. The van der Waals surface area contributed by atoms with Gasteiger partial charge < -0.3 is 15.4 Å². The van der Waals surface area contributed by atoms with Crippen LogP contribution in [0.5, 0.6) is 5.75 Å². The van der Waals surface area contributed by atoms with Crippen molar-refractivity contribution in [2.75, 3.05) is 5.32 Å². The number of carbonyl (C=O) groups excluding carboxylic acids is 2. The monoisotopic (exact) mass is 663 g/mol. The van der Waals surface area contributed by atoms with Gasteiger partial charge in [0.05, 0.1) is 24.7 Å². The summed E-state index contributed by atoms with van der Waals surface area (Å²) in [5.41, 5.74) is -1.15. The van der Waals surface area contributed by atoms with E-state index in [1.807, 2.05) is 0 Å². The van der Waals surface area contributed by atoms with E-state index >= 15 is 0 Å². The Balaban J connectivity index is 1.22. The first-order valence-corrected chi connectivity index (χ1v) is 13.6. The summed E-state index contributed by atoms with van der Waals surface area (Å²) in [5.74, 6) is -3.11. The standard InChI is InChI=1S/C26H21F8N7O3S/c27-17(12-41-13-20(37-40-41)23(43)35-11-14-2-1-3-16(8-14)25(29,30)31)4-7-22-38-39-24(45-22)36-21(42)10-15-9-18(5-6-19(15)28)44-26(32,33)34/h1-3,5-6,8-9,13,17H,4,7,10-12H2,(H,35,43)(H,36,39,42). The third kappa shape index (κ3) is 10.2. The predicted octanol–water partition coefficient (Wildman–Crippen LogP) is 5.27. The van der Waals surface area contributed by atoms with Gasteiger partial charge in [0.25, 0.3) is 5.91 Å². The first kappa shape index (κ1) is 33.2. The number of hydrogen-bond acceptors (Lipinski definition) is 8. The molecule has 0 aliphatic heterocycles. The molecule has 240 valence electrons. The molecule has 0 saturated heterocycles. The molecule has 0 aliphatic carbocycles. The predicted molar refractivity (Wildman–Crippen MR) is 141 cm³/mol. The zero-order chi connectivity index (χ0) is 32.8. The first-order chi connectivity index (χ1) is 21.1. The maximum absolute atomic E-state index is 14.6. The van der Waals surface area contributed by atoms with Crippen LogP contribution in [0.4, 0.5) is 40.3 Å². The third-order valence-corrected chi connectivity index (χ3v) is 6.75. The van der Waals surface area contributed by atoms with Crippen LogP contribution in [0.1, 0.15) is 38.6 Å². The summed E-state index contributed by atoms with van der Waals surface area (Å²) in [7, 11) is 0. The molecule has 45 heavy (non-hydrogen) atoms. The Morgan fingerprint density at radius 3 is 2.53 bits per heavy atom. The highest BCUT2D eigenvalue weighted by Gasteiger charge is 2.32. The summed E-state index contributed by atoms with van der Waals surface area (Å²) in [6.07, 6.45) is -10.4. The Morgan fingerprint density at radius 1 is 1.02 bits per heavy atom. The molecule has 2 heterocycles. The summed E-state index contributed by atoms with van der Waals surface area (Å²) < 4.78 is 109. The molecule has 2 aromatic carbocycles. The van der Waals surface area contributed by atoms with Crippen LogP contribution < -0.4 is 15.4 Å². The highest BCUT2D eigenvalue weighted by Crippen LogP contribution is 2.29. The number of alkyl halides is 7. The van der Waals surface area contributed by atoms with E-state index < -0.39 is 54.1 Å². The first-order valence-electron chi connectivity index (χ1n) is 12.8. The largest absolute Gasteiger partial charge is 0.573 e. The topological polar surface area (TPSA) is 124 Å². The van der Waals surface area contributed by atoms with E-state index in [-0.39, 0.29) is 47.9 Å². The van der Waals surface area contributed by atoms with Crippen molar-refractivity contribution in [3.8, 4) is 5.75 Å². The number of ether oxygens (including phenoxy) is 1. The number of halogens is 8. The third-order valence-electron chi connectivity index (χ3n) is 5.85. The normalized spacial score (nSPS) is 12.5. The van der Waals surface area contributed by atoms with Crippen LogP contribution in [0.15, 0.2) is 48.7 Å². The van der Waals surface area contributed by atoms with Crippen LogP contribution in [0.3, 0.4) is 0 Å². The average Bonchev–Trinajstić information content (AvgIpc) is 3.61. The van der Waals surface area contributed by atoms with Crippen molar-refractivity contribution >= 4 is 28.3 Å². The number of amides is 2. The van der Waals surface area contributed by atoms with Crippen LogP contribution in [-0.4, -0.2) is 49.5 Å². The van der Waals surface area contributed by atoms with E-state index in [0.29, 0.717) is 5.01 Å². The zero-order valence-corrected chi connectivity index (χ0v) is 23.4. The summed E-state index contributed by atoms with van der Waals surface area (Å²) in [6.45, 7) is -0.481. The Morgan fingerprint density at radius 2 is 1.80 bits per heavy atom. The second-order valence-electron chi connectivity index (χ2n) is 9.37. The summed E-state index contributed by atoms with van der Waals surface area (Å²) in [6, 6.07) is 6.69. The number of benzene rings is 2. The molecule has 2 amide bonds. The number of nitrogens with zero attached hydrogens (tertiary/aromatic N) is 5. The summed E-state index contributed by atoms with van der Waals surface area (Å²) >= 11 is 0.911. The smallest absolute Gasteiger partial charge is 0.406 e. The van der Waals surface area contributed by atoms with E-state index in [4.69, 9.17) is 0 Å². The molecule has 0 radical (unpaired) electrons. The molecule has 10 nitrogen and oxygen atoms in total. The highest BCUT2D eigenvalue weighted by atomic mass is 32.1. The van der Waals surface area contributed by atoms with Crippen molar-refractivity contribution in [1.29, 1.82) is 0 Å². The molecule has 1 unspecified atom stereocenters. The highest BCUT2D eigenvalue weighted by molar-refractivity contribution is 7.15. The molecular weight excluding hydrogens is 642 g/mol. The van der Waals surface area contributed by atoms with Gasteiger partial charge >= 0.3 is 12.5 Å². The quantitative estimate of drug-likeness (QED) is 0.198. The summed E-state index contributed by atoms with van der Waals surface area (Å²) in [5, 5.41) is 20.0. The summed E-state index contributed by atoms with van der Waals surface area (Å²) in [4.78, 5) is 24.6. The van der Waals surface area contributed by atoms with Crippen LogP contribution in [-0.2, 0) is 36.9 Å². The number of hydrogen-bond donors (Lipinski definition) is 2. The minimum Gasteiger partial charge on any atom is -0.406 e. The number of anilines is 1. The SMILES string of the molecule is O=C(Cc1cc(OC(F)(F)F)ccc1F)Nc1nnc(CCC(F)Cn2cc(C(=O)NCc3cccc(C(F)(F)F)c3)nn2)s1. The Kier molecular flexibility index (Phi) is 10.3. The van der Waals surface area contributed by atoms with Gasteiger partial charge in [-0.1, -0.05) is 28.7 Å². The second-order valence-corrected chi connectivity index (χ2v) is 10.4. The second kappa shape index (κ2) is 14.0. The van der Waals surface area contributed by atoms with Gasteiger partial charge in [0, 0.05) is 18.5 Å². The van der Waals surface area contributed by atoms with Crippen LogP contribution >= 0.6 is 11.3 Å². The van der Waals surface area contributed by atoms with Gasteiger partial charge in [-0.2, -0.15) is 13.2 Å². The maximum Gasteiger partial charge on any atom is 0.573 e. The van der Waals surface area contributed by atoms with Gasteiger partial charge in [0.2, 0.25) is 11.0 Å². The molecule has 0 spiro atoms. The van der Waals surface area contributed by atoms with Gasteiger partial charge in [0.15, 0.2) is 5.69 Å². The van der Waals surface area contributed by atoms with E-state index in [1.165, 1.54) is 18.3 Å². The molecular formula is C26H21F8N7O3S. The van der Waals surface area contributed by atoms with Crippen molar-refractivity contribution in [2.24, 2.45) is 0 Å². The van der Waals surface area contributed by atoms with Crippen molar-refractivity contribution < 1.29 is 49.4 Å². The fraction of sp³-hybridized carbons (Fsp3) is 0.308. The van der Waals surface area contributed by atoms with Crippen molar-refractivity contribution in [2.45, 2.75) is 51.1 Å². The lowest BCUT2D eigenvalue weighted by molar-refractivity contribution is -0.274. The van der Waals surface area contributed by atoms with Crippen LogP contribution in [0, 0.1) is 5.82 Å². The molecule has 19 heteroatoms. The van der Waals surface area contributed by atoms with Gasteiger partial charge in [-0.05, 0) is 42.3 Å². The molecule has 1 atom stereocenters. The van der Waals surface area contributed by atoms with Gasteiger partial charge in [-0.3, -0.25) is 9.59 Å². The number of rotatable bonds is 12. The zero-order valence-electron chi connectivity index (χ0n) is 22.6. The maximum atomic E-state index is 14.6. The fourth-order valence-electron chi connectivity index (χ4n) is 3.82. The van der Waals surface area contributed by atoms with Gasteiger partial charge in [-0.15, -0.1) is 28.5 Å². The fourth-order valence-corrected chi connectivity index (χ4v) is 4.59. The van der Waals surface area contributed by atoms with Gasteiger partial charge in [-0.25, -0.2) is 13.5 Å². The van der Waals surface area contributed by atoms with Gasteiger partial charge in [0.1, 0.15) is 22.7 Å². The molecule has 0 fully saturated rings. The van der Waals surface area contributed by atoms with Crippen LogP contribution in [0.25, 0.3) is 0 Å².